The maximum atomic E-state index is 9.82. The van der Waals surface area contributed by atoms with Gasteiger partial charge in [0, 0.05) is 35.1 Å². The highest BCUT2D eigenvalue weighted by Gasteiger charge is 1.91. The summed E-state index contributed by atoms with van der Waals surface area (Å²) in [7, 11) is 7.49. The molecular weight excluding hydrogens is 182 g/mol. The molecule has 0 heterocycles. The summed E-state index contributed by atoms with van der Waals surface area (Å²) in [5.74, 6) is 0.683. The molecular formula is C9H21N3O2. The number of hydrogen-bond acceptors (Lipinski definition) is 3. The van der Waals surface area contributed by atoms with Crippen LogP contribution in [0.15, 0.2) is 4.99 Å². The number of aliphatic imine (C=N–C) groups is 1. The first-order valence-electron chi connectivity index (χ1n) is 4.44. The molecule has 0 aliphatic carbocycles. The molecule has 0 aromatic heterocycles. The van der Waals surface area contributed by atoms with Crippen molar-refractivity contribution in [2.24, 2.45) is 4.99 Å². The van der Waals surface area contributed by atoms with Crippen LogP contribution in [0.5, 0.6) is 0 Å². The van der Waals surface area contributed by atoms with Crippen molar-refractivity contribution in [1.82, 2.24) is 10.2 Å². The minimum absolute atomic E-state index is 0.211. The van der Waals surface area contributed by atoms with Crippen molar-refractivity contribution in [3.8, 4) is 0 Å². The predicted octanol–water partition coefficient (Wildman–Crippen LogP) is 0.323. The number of carbonyl (C=O) groups excluding carboxylic acids is 1. The summed E-state index contributed by atoms with van der Waals surface area (Å²) < 4.78 is 4.40. The molecule has 0 atom stereocenters. The normalized spacial score (nSPS) is 9.71. The van der Waals surface area contributed by atoms with Gasteiger partial charge in [0.25, 0.3) is 0 Å². The zero-order valence-electron chi connectivity index (χ0n) is 9.92. The second-order valence-corrected chi connectivity index (χ2v) is 2.62. The molecule has 0 aromatic carbocycles. The number of ether oxygens (including phenoxy) is 1. The number of nitrogens with one attached hydrogen (secondary N) is 1. The van der Waals surface area contributed by atoms with Crippen molar-refractivity contribution >= 4 is 11.9 Å². The molecule has 14 heavy (non-hydrogen) atoms. The largest absolute Gasteiger partial charge is 0.466 e. The summed E-state index contributed by atoms with van der Waals surface area (Å²) in [6.07, 6.45) is 0. The van der Waals surface area contributed by atoms with Gasteiger partial charge in [0.2, 0.25) is 0 Å². The van der Waals surface area contributed by atoms with Crippen LogP contribution in [0.4, 0.5) is 0 Å². The molecule has 0 rings (SSSR count). The molecule has 0 amide bonds. The predicted molar refractivity (Wildman–Crippen MR) is 58.4 cm³/mol. The summed E-state index contributed by atoms with van der Waals surface area (Å²) in [6.45, 7) is 3.65. The third kappa shape index (κ3) is 10.7. The lowest BCUT2D eigenvalue weighted by atomic mass is 10.8. The number of nitrogens with zero attached hydrogens (tertiary/aromatic N) is 2. The monoisotopic (exact) mass is 203 g/mol. The van der Waals surface area contributed by atoms with Gasteiger partial charge in [-0.25, -0.2) is 0 Å². The summed E-state index contributed by atoms with van der Waals surface area (Å²) >= 11 is 0. The molecule has 0 aliphatic heterocycles. The maximum absolute atomic E-state index is 9.82. The topological polar surface area (TPSA) is 53.9 Å². The highest BCUT2D eigenvalue weighted by molar-refractivity contribution is 5.78. The van der Waals surface area contributed by atoms with Crippen molar-refractivity contribution in [2.45, 2.75) is 13.8 Å². The van der Waals surface area contributed by atoms with Crippen LogP contribution in [0.25, 0.3) is 0 Å². The quantitative estimate of drug-likeness (QED) is 0.379. The fourth-order valence-corrected chi connectivity index (χ4v) is 0.739. The Morgan fingerprint density at radius 3 is 2.00 bits per heavy atom. The molecule has 0 unspecified atom stereocenters. The standard InChI is InChI=1S/C5H13N3.C4H8O2/c1-6-5(7-2)8(3)4;1-3-6-4(2)5/h1-4H3,(H,6,7);3H2,1-2H3. The Labute approximate surface area is 86.1 Å². The zero-order chi connectivity index (χ0) is 11.6. The van der Waals surface area contributed by atoms with Crippen LogP contribution in [-0.2, 0) is 9.53 Å². The number of esters is 1. The van der Waals surface area contributed by atoms with E-state index < -0.39 is 0 Å². The number of carbonyl (C=O) groups is 1. The fourth-order valence-electron chi connectivity index (χ4n) is 0.739. The highest BCUT2D eigenvalue weighted by atomic mass is 16.5. The minimum Gasteiger partial charge on any atom is -0.466 e. The Balaban J connectivity index is 0. The van der Waals surface area contributed by atoms with Gasteiger partial charge in [0.15, 0.2) is 5.96 Å². The lowest BCUT2D eigenvalue weighted by Crippen LogP contribution is -2.33. The van der Waals surface area contributed by atoms with Crippen LogP contribution in [0.1, 0.15) is 13.8 Å². The zero-order valence-corrected chi connectivity index (χ0v) is 9.92. The van der Waals surface area contributed by atoms with Crippen LogP contribution >= 0.6 is 0 Å². The highest BCUT2D eigenvalue weighted by Crippen LogP contribution is 1.73. The second-order valence-electron chi connectivity index (χ2n) is 2.62. The summed E-state index contributed by atoms with van der Waals surface area (Å²) in [5.41, 5.74) is 0. The molecule has 0 fully saturated rings. The van der Waals surface area contributed by atoms with Gasteiger partial charge < -0.3 is 15.0 Å². The first-order chi connectivity index (χ1) is 6.49. The molecule has 0 aliphatic rings. The third-order valence-electron chi connectivity index (χ3n) is 1.21. The number of hydrogen-bond donors (Lipinski definition) is 1. The molecule has 84 valence electrons. The third-order valence-corrected chi connectivity index (χ3v) is 1.21. The second kappa shape index (κ2) is 9.83. The van der Waals surface area contributed by atoms with Crippen molar-refractivity contribution in [3.05, 3.63) is 0 Å². The smallest absolute Gasteiger partial charge is 0.302 e. The van der Waals surface area contributed by atoms with Gasteiger partial charge in [-0.15, -0.1) is 0 Å². The van der Waals surface area contributed by atoms with Crippen molar-refractivity contribution in [1.29, 1.82) is 0 Å². The molecule has 5 heteroatoms. The Kier molecular flexibility index (Phi) is 10.7. The molecule has 1 N–H and O–H groups in total. The SMILES string of the molecule is CCOC(C)=O.CN=C(NC)N(C)C. The molecule has 0 saturated heterocycles. The molecule has 0 aromatic rings. The Hall–Kier alpha value is -1.26. The number of rotatable bonds is 1. The van der Waals surface area contributed by atoms with Gasteiger partial charge in [-0.1, -0.05) is 0 Å². The van der Waals surface area contributed by atoms with Gasteiger partial charge in [-0.05, 0) is 6.92 Å². The summed E-state index contributed by atoms with van der Waals surface area (Å²) in [5, 5.41) is 2.93. The van der Waals surface area contributed by atoms with E-state index in [0.29, 0.717) is 6.61 Å². The van der Waals surface area contributed by atoms with E-state index in [4.69, 9.17) is 0 Å². The van der Waals surface area contributed by atoms with E-state index in [0.717, 1.165) is 5.96 Å². The van der Waals surface area contributed by atoms with Crippen molar-refractivity contribution in [2.75, 3.05) is 34.8 Å². The van der Waals surface area contributed by atoms with E-state index in [-0.39, 0.29) is 5.97 Å². The fraction of sp³-hybridized carbons (Fsp3) is 0.778. The van der Waals surface area contributed by atoms with Gasteiger partial charge in [0.05, 0.1) is 6.61 Å². The van der Waals surface area contributed by atoms with Gasteiger partial charge in [-0.3, -0.25) is 9.79 Å². The molecule has 0 spiro atoms. The lowest BCUT2D eigenvalue weighted by Gasteiger charge is -2.12. The average Bonchev–Trinajstić information content (AvgIpc) is 2.06. The molecule has 0 saturated carbocycles. The van der Waals surface area contributed by atoms with Crippen LogP contribution in [0.3, 0.4) is 0 Å². The molecule has 0 radical (unpaired) electrons. The lowest BCUT2D eigenvalue weighted by molar-refractivity contribution is -0.140. The Morgan fingerprint density at radius 1 is 1.50 bits per heavy atom. The van der Waals surface area contributed by atoms with Gasteiger partial charge >= 0.3 is 5.97 Å². The maximum Gasteiger partial charge on any atom is 0.302 e. The van der Waals surface area contributed by atoms with Crippen LogP contribution in [-0.4, -0.2) is 51.6 Å². The average molecular weight is 203 g/mol. The van der Waals surface area contributed by atoms with E-state index in [1.54, 1.807) is 14.0 Å². The van der Waals surface area contributed by atoms with E-state index in [9.17, 15) is 4.79 Å². The van der Waals surface area contributed by atoms with Crippen LogP contribution < -0.4 is 5.32 Å². The van der Waals surface area contributed by atoms with E-state index in [1.807, 2.05) is 26.0 Å². The van der Waals surface area contributed by atoms with Gasteiger partial charge in [0.1, 0.15) is 0 Å². The summed E-state index contributed by atoms with van der Waals surface area (Å²) in [4.78, 5) is 15.7. The van der Waals surface area contributed by atoms with E-state index in [1.165, 1.54) is 6.92 Å². The molecule has 5 nitrogen and oxygen atoms in total. The Morgan fingerprint density at radius 2 is 2.00 bits per heavy atom. The Bertz CT molecular complexity index is 179. The van der Waals surface area contributed by atoms with E-state index in [2.05, 4.69) is 15.0 Å². The van der Waals surface area contributed by atoms with E-state index >= 15 is 0 Å². The van der Waals surface area contributed by atoms with Gasteiger partial charge in [-0.2, -0.15) is 0 Å². The van der Waals surface area contributed by atoms with Crippen LogP contribution in [0.2, 0.25) is 0 Å². The first-order valence-corrected chi connectivity index (χ1v) is 4.44. The van der Waals surface area contributed by atoms with Crippen molar-refractivity contribution in [3.63, 3.8) is 0 Å². The minimum atomic E-state index is -0.211. The van der Waals surface area contributed by atoms with Crippen molar-refractivity contribution < 1.29 is 9.53 Å². The molecule has 0 bridgehead atoms. The van der Waals surface area contributed by atoms with Crippen LogP contribution in [0, 0.1) is 0 Å². The number of guanidine groups is 1. The summed E-state index contributed by atoms with van der Waals surface area (Å²) in [6, 6.07) is 0. The first kappa shape index (κ1) is 15.2.